The van der Waals surface area contributed by atoms with Crippen LogP contribution in [0, 0.1) is 0 Å². The topological polar surface area (TPSA) is 15.3 Å². The van der Waals surface area contributed by atoms with E-state index in [1.807, 2.05) is 0 Å². The number of hydrogen-bond acceptors (Lipinski definition) is 2. The Bertz CT molecular complexity index is 53.9. The SMILES string of the molecule is C1CN2CNC12. The summed E-state index contributed by atoms with van der Waals surface area (Å²) in [5.41, 5.74) is 0. The minimum atomic E-state index is 0.796. The van der Waals surface area contributed by atoms with Gasteiger partial charge < -0.3 is 0 Å². The van der Waals surface area contributed by atoms with E-state index in [2.05, 4.69) is 10.2 Å². The predicted molar refractivity (Wildman–Crippen MR) is 23.1 cm³/mol. The molecule has 2 aliphatic heterocycles. The second kappa shape index (κ2) is 0.768. The molecule has 2 fully saturated rings. The van der Waals surface area contributed by atoms with Crippen LogP contribution < -0.4 is 5.32 Å². The number of rotatable bonds is 0. The van der Waals surface area contributed by atoms with Crippen molar-refractivity contribution < 1.29 is 0 Å². The molecule has 0 aromatic carbocycles. The van der Waals surface area contributed by atoms with Crippen LogP contribution >= 0.6 is 0 Å². The highest BCUT2D eigenvalue weighted by Gasteiger charge is 2.34. The highest BCUT2D eigenvalue weighted by atomic mass is 15.5. The molecule has 2 nitrogen and oxygen atoms in total. The third-order valence-electron chi connectivity index (χ3n) is 1.66. The van der Waals surface area contributed by atoms with E-state index in [4.69, 9.17) is 0 Å². The summed E-state index contributed by atoms with van der Waals surface area (Å²) in [7, 11) is 0. The largest absolute Gasteiger partial charge is 0.289 e. The molecule has 0 aromatic rings. The van der Waals surface area contributed by atoms with Crippen LogP contribution in [0.3, 0.4) is 0 Å². The molecule has 34 valence electrons. The molecular formula is C4H8N2. The van der Waals surface area contributed by atoms with Gasteiger partial charge >= 0.3 is 0 Å². The third kappa shape index (κ3) is 0.172. The second-order valence-electron chi connectivity index (χ2n) is 1.98. The average Bonchev–Trinajstić information content (AvgIpc) is 1.54. The van der Waals surface area contributed by atoms with Gasteiger partial charge in [0.15, 0.2) is 0 Å². The molecule has 0 radical (unpaired) electrons. The summed E-state index contributed by atoms with van der Waals surface area (Å²) < 4.78 is 0. The number of nitrogens with one attached hydrogen (secondary N) is 1. The molecule has 2 heteroatoms. The van der Waals surface area contributed by atoms with Crippen molar-refractivity contribution in [1.82, 2.24) is 10.2 Å². The number of nitrogens with zero attached hydrogens (tertiary/aromatic N) is 1. The van der Waals surface area contributed by atoms with Crippen molar-refractivity contribution in [3.8, 4) is 0 Å². The van der Waals surface area contributed by atoms with Crippen molar-refractivity contribution in [3.05, 3.63) is 0 Å². The Morgan fingerprint density at radius 3 is 2.50 bits per heavy atom. The summed E-state index contributed by atoms with van der Waals surface area (Å²) in [6.07, 6.45) is 2.17. The van der Waals surface area contributed by atoms with Gasteiger partial charge in [0.2, 0.25) is 0 Å². The second-order valence-corrected chi connectivity index (χ2v) is 1.98. The van der Waals surface area contributed by atoms with E-state index in [1.54, 1.807) is 0 Å². The molecule has 6 heavy (non-hydrogen) atoms. The van der Waals surface area contributed by atoms with E-state index in [0.29, 0.717) is 0 Å². The molecule has 2 heterocycles. The van der Waals surface area contributed by atoms with Gasteiger partial charge in [0.25, 0.3) is 0 Å². The first-order valence-corrected chi connectivity index (χ1v) is 2.44. The Labute approximate surface area is 37.1 Å². The molecule has 2 aliphatic rings. The molecule has 1 unspecified atom stereocenters. The molecular weight excluding hydrogens is 76.1 g/mol. The standard InChI is InChI=1S/C4H8N2/c1-2-6-3-5-4(1)6/h4-5H,1-3H2. The lowest BCUT2D eigenvalue weighted by atomic mass is 10.1. The normalized spacial score (nSPS) is 43.0. The summed E-state index contributed by atoms with van der Waals surface area (Å²) in [6.45, 7) is 2.47. The lowest BCUT2D eigenvalue weighted by Crippen LogP contribution is -2.69. The Morgan fingerprint density at radius 2 is 2.50 bits per heavy atom. The van der Waals surface area contributed by atoms with Crippen molar-refractivity contribution in [3.63, 3.8) is 0 Å². The first kappa shape index (κ1) is 2.99. The Hall–Kier alpha value is -0.0800. The predicted octanol–water partition coefficient (Wildman–Crippen LogP) is -0.421. The van der Waals surface area contributed by atoms with Crippen LogP contribution in [0.2, 0.25) is 0 Å². The molecule has 1 N–H and O–H groups in total. The smallest absolute Gasteiger partial charge is 0.0630 e. The summed E-state index contributed by atoms with van der Waals surface area (Å²) in [4.78, 5) is 2.42. The number of fused-ring (bicyclic) bond motifs is 1. The fourth-order valence-electron chi connectivity index (χ4n) is 0.971. The van der Waals surface area contributed by atoms with Gasteiger partial charge in [-0.05, 0) is 6.42 Å². The quantitative estimate of drug-likeness (QED) is 0.429. The molecule has 0 spiro atoms. The zero-order chi connectivity index (χ0) is 3.98. The van der Waals surface area contributed by atoms with Crippen LogP contribution in [0.4, 0.5) is 0 Å². The molecule has 1 atom stereocenters. The minimum absolute atomic E-state index is 0.796. The lowest BCUT2D eigenvalue weighted by Gasteiger charge is -2.50. The lowest BCUT2D eigenvalue weighted by molar-refractivity contribution is -0.0395. The van der Waals surface area contributed by atoms with Crippen molar-refractivity contribution in [2.45, 2.75) is 12.6 Å². The van der Waals surface area contributed by atoms with Crippen LogP contribution in [0.1, 0.15) is 6.42 Å². The third-order valence-corrected chi connectivity index (χ3v) is 1.66. The summed E-state index contributed by atoms with van der Waals surface area (Å²) in [5, 5.41) is 3.27. The first-order valence-electron chi connectivity index (χ1n) is 2.44. The molecule has 0 bridgehead atoms. The average molecular weight is 84.1 g/mol. The molecule has 0 aromatic heterocycles. The highest BCUT2D eigenvalue weighted by molar-refractivity contribution is 4.87. The summed E-state index contributed by atoms with van der Waals surface area (Å²) >= 11 is 0. The maximum atomic E-state index is 3.27. The first-order chi connectivity index (χ1) is 2.97. The maximum Gasteiger partial charge on any atom is 0.0630 e. The van der Waals surface area contributed by atoms with Gasteiger partial charge in [-0.2, -0.15) is 0 Å². The van der Waals surface area contributed by atoms with Crippen molar-refractivity contribution in [2.75, 3.05) is 13.2 Å². The van der Waals surface area contributed by atoms with Crippen LogP contribution in [0.25, 0.3) is 0 Å². The molecule has 2 saturated heterocycles. The van der Waals surface area contributed by atoms with Crippen molar-refractivity contribution >= 4 is 0 Å². The van der Waals surface area contributed by atoms with Gasteiger partial charge in [-0.1, -0.05) is 0 Å². The van der Waals surface area contributed by atoms with E-state index < -0.39 is 0 Å². The molecule has 0 aliphatic carbocycles. The van der Waals surface area contributed by atoms with Crippen LogP contribution in [0.15, 0.2) is 0 Å². The van der Waals surface area contributed by atoms with E-state index in [-0.39, 0.29) is 0 Å². The van der Waals surface area contributed by atoms with Crippen molar-refractivity contribution in [2.24, 2.45) is 0 Å². The Morgan fingerprint density at radius 1 is 1.67 bits per heavy atom. The van der Waals surface area contributed by atoms with Gasteiger partial charge in [-0.25, -0.2) is 0 Å². The van der Waals surface area contributed by atoms with Gasteiger partial charge in [0.1, 0.15) is 0 Å². The molecule has 2 rings (SSSR count). The number of hydrogen-bond donors (Lipinski definition) is 1. The van der Waals surface area contributed by atoms with E-state index in [9.17, 15) is 0 Å². The Kier molecular flexibility index (Phi) is 0.383. The van der Waals surface area contributed by atoms with E-state index in [1.165, 1.54) is 13.0 Å². The van der Waals surface area contributed by atoms with Crippen LogP contribution in [-0.4, -0.2) is 24.3 Å². The van der Waals surface area contributed by atoms with E-state index >= 15 is 0 Å². The zero-order valence-corrected chi connectivity index (χ0v) is 3.65. The zero-order valence-electron chi connectivity index (χ0n) is 3.65. The van der Waals surface area contributed by atoms with Crippen molar-refractivity contribution in [1.29, 1.82) is 0 Å². The highest BCUT2D eigenvalue weighted by Crippen LogP contribution is 2.19. The molecule has 0 amide bonds. The van der Waals surface area contributed by atoms with E-state index in [0.717, 1.165) is 12.8 Å². The van der Waals surface area contributed by atoms with Crippen LogP contribution in [-0.2, 0) is 0 Å². The van der Waals surface area contributed by atoms with Gasteiger partial charge in [-0.3, -0.25) is 10.2 Å². The Balaban J connectivity index is 2.03. The maximum absolute atomic E-state index is 3.27. The monoisotopic (exact) mass is 84.1 g/mol. The van der Waals surface area contributed by atoms with Crippen LogP contribution in [0.5, 0.6) is 0 Å². The fraction of sp³-hybridized carbons (Fsp3) is 1.00. The van der Waals surface area contributed by atoms with Gasteiger partial charge in [-0.15, -0.1) is 0 Å². The minimum Gasteiger partial charge on any atom is -0.289 e. The summed E-state index contributed by atoms with van der Waals surface area (Å²) in [6, 6.07) is 0. The van der Waals surface area contributed by atoms with Gasteiger partial charge in [0.05, 0.1) is 12.8 Å². The summed E-state index contributed by atoms with van der Waals surface area (Å²) in [5.74, 6) is 0. The fourth-order valence-corrected chi connectivity index (χ4v) is 0.971. The molecule has 0 saturated carbocycles. The van der Waals surface area contributed by atoms with Gasteiger partial charge in [0, 0.05) is 6.54 Å².